The Hall–Kier alpha value is -1.61. The van der Waals surface area contributed by atoms with Gasteiger partial charge in [0.1, 0.15) is 11.6 Å². The summed E-state index contributed by atoms with van der Waals surface area (Å²) in [5.41, 5.74) is 5.28. The highest BCUT2D eigenvalue weighted by Crippen LogP contribution is 2.47. The van der Waals surface area contributed by atoms with Crippen molar-refractivity contribution in [3.05, 3.63) is 35.0 Å². The zero-order chi connectivity index (χ0) is 14.5. The van der Waals surface area contributed by atoms with E-state index in [0.29, 0.717) is 17.4 Å². The van der Waals surface area contributed by atoms with Crippen LogP contribution in [0.5, 0.6) is 5.75 Å². The molecule has 2 heterocycles. The number of nitrogens with zero attached hydrogens (tertiary/aromatic N) is 1. The number of rotatable bonds is 1. The van der Waals surface area contributed by atoms with Crippen molar-refractivity contribution < 1.29 is 27.0 Å². The molecule has 0 fully saturated rings. The maximum absolute atomic E-state index is 13.6. The summed E-state index contributed by atoms with van der Waals surface area (Å²) in [5.74, 6) is 0.222. The first kappa shape index (κ1) is 13.4. The Bertz CT molecular complexity index is 594. The summed E-state index contributed by atoms with van der Waals surface area (Å²) in [5, 5.41) is 1.67. The van der Waals surface area contributed by atoms with E-state index >= 15 is 0 Å². The number of ether oxygens (including phenoxy) is 2. The van der Waals surface area contributed by atoms with Crippen molar-refractivity contribution in [1.82, 2.24) is 0 Å². The molecular formula is C11H8F4N2O2S. The van der Waals surface area contributed by atoms with E-state index < -0.39 is 23.7 Å². The van der Waals surface area contributed by atoms with Crippen molar-refractivity contribution in [3.63, 3.8) is 0 Å². The highest BCUT2D eigenvalue weighted by atomic mass is 32.2. The fraction of sp³-hybridized carbons (Fsp3) is 0.273. The minimum atomic E-state index is -4.36. The van der Waals surface area contributed by atoms with Gasteiger partial charge in [-0.05, 0) is 18.2 Å². The highest BCUT2D eigenvalue weighted by Gasteiger charge is 2.54. The van der Waals surface area contributed by atoms with Gasteiger partial charge < -0.3 is 15.4 Å². The second-order valence-corrected chi connectivity index (χ2v) is 4.96. The van der Waals surface area contributed by atoms with Crippen LogP contribution < -0.4 is 15.4 Å². The van der Waals surface area contributed by atoms with Crippen molar-refractivity contribution in [2.75, 3.05) is 10.8 Å². The van der Waals surface area contributed by atoms with Crippen LogP contribution in [-0.4, -0.2) is 12.2 Å². The SMILES string of the molecule is NC1=CSCN1c1ccc2c(c1)C(F)(F)OC(F)(F)O2. The Morgan fingerprint density at radius 3 is 2.65 bits per heavy atom. The molecule has 3 rings (SSSR count). The van der Waals surface area contributed by atoms with Crippen LogP contribution in [0.3, 0.4) is 0 Å². The lowest BCUT2D eigenvalue weighted by atomic mass is 10.1. The lowest BCUT2D eigenvalue weighted by Gasteiger charge is -2.31. The van der Waals surface area contributed by atoms with E-state index in [1.54, 1.807) is 10.3 Å². The highest BCUT2D eigenvalue weighted by molar-refractivity contribution is 8.02. The summed E-state index contributed by atoms with van der Waals surface area (Å²) < 4.78 is 60.4. The monoisotopic (exact) mass is 308 g/mol. The molecular weight excluding hydrogens is 300 g/mol. The largest absolute Gasteiger partial charge is 0.540 e. The van der Waals surface area contributed by atoms with Gasteiger partial charge in [0.05, 0.1) is 11.4 Å². The first-order valence-corrected chi connectivity index (χ1v) is 6.47. The van der Waals surface area contributed by atoms with Crippen LogP contribution in [0.4, 0.5) is 23.2 Å². The number of anilines is 1. The molecule has 20 heavy (non-hydrogen) atoms. The second kappa shape index (κ2) is 4.19. The molecule has 0 saturated carbocycles. The normalized spacial score (nSPS) is 23.0. The van der Waals surface area contributed by atoms with Crippen LogP contribution in [0.25, 0.3) is 0 Å². The lowest BCUT2D eigenvalue weighted by molar-refractivity contribution is -0.461. The third-order valence-corrected chi connectivity index (χ3v) is 3.60. The Morgan fingerprint density at radius 1 is 1.25 bits per heavy atom. The minimum Gasteiger partial charge on any atom is -0.409 e. The summed E-state index contributed by atoms with van der Waals surface area (Å²) in [6.07, 6.45) is -8.50. The second-order valence-electron chi connectivity index (χ2n) is 4.13. The Balaban J connectivity index is 2.03. The van der Waals surface area contributed by atoms with E-state index in [1.807, 2.05) is 0 Å². The summed E-state index contributed by atoms with van der Waals surface area (Å²) in [6, 6.07) is 3.45. The van der Waals surface area contributed by atoms with Gasteiger partial charge in [0, 0.05) is 11.1 Å². The van der Waals surface area contributed by atoms with Gasteiger partial charge in [-0.2, -0.15) is 8.78 Å². The third-order valence-electron chi connectivity index (χ3n) is 2.78. The van der Waals surface area contributed by atoms with E-state index in [4.69, 9.17) is 5.73 Å². The number of alkyl halides is 4. The van der Waals surface area contributed by atoms with E-state index in [2.05, 4.69) is 9.47 Å². The van der Waals surface area contributed by atoms with Gasteiger partial charge in [-0.1, -0.05) is 0 Å². The Kier molecular flexibility index (Phi) is 2.80. The van der Waals surface area contributed by atoms with Crippen molar-refractivity contribution >= 4 is 17.4 Å². The van der Waals surface area contributed by atoms with Crippen molar-refractivity contribution in [3.8, 4) is 5.75 Å². The summed E-state index contributed by atoms with van der Waals surface area (Å²) >= 11 is 1.39. The third kappa shape index (κ3) is 2.16. The van der Waals surface area contributed by atoms with Crippen LogP contribution in [-0.2, 0) is 10.8 Å². The van der Waals surface area contributed by atoms with E-state index in [-0.39, 0.29) is 0 Å². The molecule has 0 spiro atoms. The van der Waals surface area contributed by atoms with E-state index in [0.717, 1.165) is 12.1 Å². The van der Waals surface area contributed by atoms with Crippen LogP contribution in [0, 0.1) is 0 Å². The minimum absolute atomic E-state index is 0.347. The van der Waals surface area contributed by atoms with Crippen molar-refractivity contribution in [2.24, 2.45) is 5.73 Å². The number of thioether (sulfide) groups is 1. The maximum atomic E-state index is 13.6. The van der Waals surface area contributed by atoms with E-state index in [9.17, 15) is 17.6 Å². The zero-order valence-electron chi connectivity index (χ0n) is 9.78. The van der Waals surface area contributed by atoms with Gasteiger partial charge in [0.25, 0.3) is 0 Å². The van der Waals surface area contributed by atoms with Crippen molar-refractivity contribution in [2.45, 2.75) is 12.4 Å². The Morgan fingerprint density at radius 2 is 2.00 bits per heavy atom. The van der Waals surface area contributed by atoms with Gasteiger partial charge >= 0.3 is 12.4 Å². The molecule has 1 aromatic rings. The van der Waals surface area contributed by atoms with Crippen molar-refractivity contribution in [1.29, 1.82) is 0 Å². The number of halogens is 4. The zero-order valence-corrected chi connectivity index (χ0v) is 10.6. The first-order chi connectivity index (χ1) is 9.28. The molecule has 0 amide bonds. The number of fused-ring (bicyclic) bond motifs is 1. The number of benzene rings is 1. The predicted molar refractivity (Wildman–Crippen MR) is 64.2 cm³/mol. The van der Waals surface area contributed by atoms with E-state index in [1.165, 1.54) is 17.8 Å². The number of nitrogens with two attached hydrogens (primary N) is 1. The van der Waals surface area contributed by atoms with Gasteiger partial charge in [-0.3, -0.25) is 0 Å². The van der Waals surface area contributed by atoms with Crippen LogP contribution in [0.1, 0.15) is 5.56 Å². The van der Waals surface area contributed by atoms with Crippen LogP contribution >= 0.6 is 11.8 Å². The van der Waals surface area contributed by atoms with Gasteiger partial charge in [0.15, 0.2) is 0 Å². The molecule has 0 radical (unpaired) electrons. The standard InChI is InChI=1S/C11H8F4N2O2S/c12-10(13)7-3-6(17-5-20-4-9(17)16)1-2-8(7)18-11(14,15)19-10/h1-4H,5,16H2. The molecule has 1 aromatic carbocycles. The Labute approximate surface area is 115 Å². The lowest BCUT2D eigenvalue weighted by Crippen LogP contribution is -2.41. The van der Waals surface area contributed by atoms with Crippen LogP contribution in [0.15, 0.2) is 29.4 Å². The molecule has 9 heteroatoms. The molecule has 0 atom stereocenters. The number of hydrogen-bond donors (Lipinski definition) is 1. The molecule has 108 valence electrons. The molecule has 0 unspecified atom stereocenters. The summed E-state index contributed by atoms with van der Waals surface area (Å²) in [4.78, 5) is 1.56. The fourth-order valence-corrected chi connectivity index (χ4v) is 2.73. The molecule has 4 nitrogen and oxygen atoms in total. The molecule has 0 saturated heterocycles. The average Bonchev–Trinajstić information content (AvgIpc) is 2.73. The maximum Gasteiger partial charge on any atom is 0.540 e. The van der Waals surface area contributed by atoms with Gasteiger partial charge in [-0.25, -0.2) is 4.74 Å². The molecule has 0 aromatic heterocycles. The summed E-state index contributed by atoms with van der Waals surface area (Å²) in [6.45, 7) is 0. The molecule has 2 aliphatic rings. The molecule has 0 aliphatic carbocycles. The topological polar surface area (TPSA) is 47.7 Å². The van der Waals surface area contributed by atoms with Gasteiger partial charge in [0.2, 0.25) is 0 Å². The molecule has 2 aliphatic heterocycles. The van der Waals surface area contributed by atoms with Gasteiger partial charge in [-0.15, -0.1) is 20.5 Å². The smallest absolute Gasteiger partial charge is 0.409 e. The molecule has 2 N–H and O–H groups in total. The predicted octanol–water partition coefficient (Wildman–Crippen LogP) is 2.96. The average molecular weight is 308 g/mol. The van der Waals surface area contributed by atoms with Crippen LogP contribution in [0.2, 0.25) is 0 Å². The quantitative estimate of drug-likeness (QED) is 0.808. The fourth-order valence-electron chi connectivity index (χ4n) is 1.91. The molecule has 0 bridgehead atoms. The first-order valence-electron chi connectivity index (χ1n) is 5.43. The summed E-state index contributed by atoms with van der Waals surface area (Å²) in [7, 11) is 0. The number of hydrogen-bond acceptors (Lipinski definition) is 5.